The fourth-order valence-corrected chi connectivity index (χ4v) is 18.9. The highest BCUT2D eigenvalue weighted by Gasteiger charge is 2.53. The number of piperidine rings is 4. The number of aromatic hydroxyl groups is 1. The van der Waals surface area contributed by atoms with Crippen LogP contribution in [0.4, 0.5) is 5.69 Å². The summed E-state index contributed by atoms with van der Waals surface area (Å²) >= 11 is 1.73. The molecule has 0 aliphatic carbocycles. The molecule has 650 valence electrons. The Morgan fingerprint density at radius 3 is 2.21 bits per heavy atom. The molecule has 9 unspecified atom stereocenters. The number of amides is 8. The van der Waals surface area contributed by atoms with Gasteiger partial charge in [-0.2, -0.15) is 11.8 Å². The first kappa shape index (κ1) is 92.2. The molecular weight excluding hydrogens is 1560 g/mol. The number of likely N-dealkylation sites (N-methyl/N-ethyl adjacent to an activating group) is 1. The van der Waals surface area contributed by atoms with E-state index in [0.717, 1.165) is 81.8 Å². The third-order valence-electron chi connectivity index (χ3n) is 24.2. The molecule has 12 rings (SSSR count). The van der Waals surface area contributed by atoms with Gasteiger partial charge < -0.3 is 79.7 Å². The number of fused-ring (bicyclic) bond motifs is 8. The van der Waals surface area contributed by atoms with Gasteiger partial charge in [0.2, 0.25) is 41.3 Å². The molecule has 0 radical (unpaired) electrons. The summed E-state index contributed by atoms with van der Waals surface area (Å²) in [5, 5.41) is 32.1. The predicted molar refractivity (Wildman–Crippen MR) is 451 cm³/mol. The third-order valence-corrected chi connectivity index (χ3v) is 25.8. The number of rotatable bonds is 18. The second-order valence-corrected chi connectivity index (χ2v) is 34.4. The largest absolute Gasteiger partial charge is 0.505 e. The number of cyclic esters (lactones) is 2. The first-order valence-corrected chi connectivity index (χ1v) is 43.5. The number of benzene rings is 2. The number of allylic oxidation sites excluding steroid dienone is 2. The minimum absolute atomic E-state index is 0.0255. The molecule has 10 heterocycles. The third kappa shape index (κ3) is 23.3. The molecule has 2 aromatic carbocycles. The van der Waals surface area contributed by atoms with E-state index in [9.17, 15) is 53.4 Å². The smallest absolute Gasteiger partial charge is 0.333 e. The number of anilines is 1. The number of nitrogens with zero attached hydrogens (tertiary/aromatic N) is 9. The van der Waals surface area contributed by atoms with Crippen molar-refractivity contribution in [1.82, 2.24) is 60.6 Å². The molecule has 4 aromatic rings. The van der Waals surface area contributed by atoms with E-state index in [0.29, 0.717) is 49.1 Å². The molecule has 2 aromatic heterocycles. The lowest BCUT2D eigenvalue weighted by Crippen LogP contribution is -2.63. The van der Waals surface area contributed by atoms with Crippen molar-refractivity contribution in [1.29, 1.82) is 0 Å². The number of ether oxygens (including phenoxy) is 2. The topological polar surface area (TPSA) is 373 Å². The van der Waals surface area contributed by atoms with E-state index >= 15 is 14.4 Å². The molecule has 7 saturated heterocycles. The van der Waals surface area contributed by atoms with Gasteiger partial charge in [-0.3, -0.25) is 47.9 Å². The molecule has 8 aliphatic heterocycles. The van der Waals surface area contributed by atoms with Crippen molar-refractivity contribution in [3.05, 3.63) is 144 Å². The van der Waals surface area contributed by atoms with Gasteiger partial charge in [-0.15, -0.1) is 0 Å². The Morgan fingerprint density at radius 1 is 0.800 bits per heavy atom. The van der Waals surface area contributed by atoms with Gasteiger partial charge in [-0.25, -0.2) is 19.6 Å². The number of aliphatic hydroxyl groups is 1. The van der Waals surface area contributed by atoms with Gasteiger partial charge in [-0.05, 0) is 164 Å². The molecule has 30 nitrogen and oxygen atoms in total. The van der Waals surface area contributed by atoms with Gasteiger partial charge >= 0.3 is 11.9 Å². The number of nitrogens with one attached hydrogen (secondary N) is 4. The van der Waals surface area contributed by atoms with Gasteiger partial charge in [0, 0.05) is 108 Å². The van der Waals surface area contributed by atoms with E-state index in [1.54, 1.807) is 85.1 Å². The van der Waals surface area contributed by atoms with Crippen molar-refractivity contribution >= 4 is 88.2 Å². The number of Topliss-reactive ketones (excluding diaryl/α,β-unsaturated/α-hetero) is 2. The molecule has 0 spiro atoms. The van der Waals surface area contributed by atoms with Crippen molar-refractivity contribution in [3.8, 4) is 5.75 Å². The Morgan fingerprint density at radius 2 is 1.53 bits per heavy atom. The number of hydrogen-bond acceptors (Lipinski definition) is 23. The highest BCUT2D eigenvalue weighted by Crippen LogP contribution is 2.40. The number of aromatic nitrogens is 2. The molecular formula is C89H121N13O17S. The Bertz CT molecular complexity index is 4370. The van der Waals surface area contributed by atoms with Crippen LogP contribution in [0.25, 0.3) is 0 Å². The zero-order chi connectivity index (χ0) is 86.6. The number of oxazole rings is 1. The number of aliphatic hydroxyl groups excluding tert-OH is 1. The van der Waals surface area contributed by atoms with Crippen LogP contribution in [-0.2, 0) is 70.3 Å². The van der Waals surface area contributed by atoms with Crippen molar-refractivity contribution in [3.63, 3.8) is 0 Å². The highest BCUT2D eigenvalue weighted by molar-refractivity contribution is 8.00. The van der Waals surface area contributed by atoms with Gasteiger partial charge in [0.05, 0.1) is 12.5 Å². The summed E-state index contributed by atoms with van der Waals surface area (Å²) in [6.45, 7) is 21.4. The van der Waals surface area contributed by atoms with Crippen LogP contribution in [0.15, 0.2) is 120 Å². The molecule has 8 amide bonds. The summed E-state index contributed by atoms with van der Waals surface area (Å²) in [5.74, 6) is -7.55. The van der Waals surface area contributed by atoms with Crippen LogP contribution >= 0.6 is 11.8 Å². The van der Waals surface area contributed by atoms with Crippen LogP contribution in [0.2, 0.25) is 0 Å². The average molecular weight is 1680 g/mol. The van der Waals surface area contributed by atoms with Crippen LogP contribution < -0.4 is 26.2 Å². The maximum Gasteiger partial charge on any atom is 0.333 e. The van der Waals surface area contributed by atoms with Gasteiger partial charge in [0.15, 0.2) is 17.4 Å². The zero-order valence-electron chi connectivity index (χ0n) is 71.1. The van der Waals surface area contributed by atoms with Gasteiger partial charge in [0.1, 0.15) is 71.5 Å². The minimum Gasteiger partial charge on any atom is -0.505 e. The van der Waals surface area contributed by atoms with Crippen LogP contribution in [0, 0.1) is 23.7 Å². The Labute approximate surface area is 707 Å². The number of pyridine rings is 1. The average Bonchev–Trinajstić information content (AvgIpc) is 1.48. The lowest BCUT2D eigenvalue weighted by molar-refractivity contribution is -0.166. The highest BCUT2D eigenvalue weighted by atomic mass is 32.2. The van der Waals surface area contributed by atoms with E-state index in [4.69, 9.17) is 13.9 Å². The summed E-state index contributed by atoms with van der Waals surface area (Å²) in [4.78, 5) is 192. The first-order chi connectivity index (χ1) is 57.4. The zero-order valence-corrected chi connectivity index (χ0v) is 71.9. The predicted octanol–water partition coefficient (Wildman–Crippen LogP) is 6.74. The van der Waals surface area contributed by atoms with Gasteiger partial charge in [-0.1, -0.05) is 114 Å². The fourth-order valence-electron chi connectivity index (χ4n) is 17.2. The number of thioether (sulfide) groups is 1. The van der Waals surface area contributed by atoms with Gasteiger partial charge in [0.25, 0.3) is 11.8 Å². The van der Waals surface area contributed by atoms with E-state index in [2.05, 4.69) is 54.9 Å². The summed E-state index contributed by atoms with van der Waals surface area (Å²) < 4.78 is 17.8. The van der Waals surface area contributed by atoms with Crippen molar-refractivity contribution in [2.45, 2.75) is 211 Å². The number of ketones is 2. The number of hydrogen-bond donors (Lipinski definition) is 6. The Hall–Kier alpha value is -10.1. The second-order valence-electron chi connectivity index (χ2n) is 33.2. The second kappa shape index (κ2) is 42.9. The lowest BCUT2D eigenvalue weighted by atomic mass is 9.88. The lowest BCUT2D eigenvalue weighted by Gasteiger charge is -2.45. The number of esters is 2. The number of unbranched alkanes of at least 4 members (excludes halogenated alkanes) is 1. The van der Waals surface area contributed by atoms with E-state index in [1.165, 1.54) is 59.3 Å². The number of carbonyl (C=O) groups excluding carboxylic acids is 12. The number of carbonyl (C=O) groups is 12. The fraction of sp³-hybridized carbons (Fsp3) is 0.573. The quantitative estimate of drug-likeness (QED) is 0.0443. The monoisotopic (exact) mass is 1680 g/mol. The van der Waals surface area contributed by atoms with Crippen LogP contribution in [0.3, 0.4) is 0 Å². The summed E-state index contributed by atoms with van der Waals surface area (Å²) in [6.07, 6.45) is 13.1. The Balaban J connectivity index is 0.000000278. The normalized spacial score (nSPS) is 28.9. The molecule has 120 heavy (non-hydrogen) atoms. The van der Waals surface area contributed by atoms with E-state index in [1.807, 2.05) is 64.0 Å². The molecule has 4 bridgehead atoms. The molecule has 8 aliphatic rings. The summed E-state index contributed by atoms with van der Waals surface area (Å²) in [7, 11) is 5.33. The van der Waals surface area contributed by atoms with Crippen LogP contribution in [-0.4, -0.2) is 272 Å². The maximum atomic E-state index is 15.7. The molecule has 7 fully saturated rings. The van der Waals surface area contributed by atoms with E-state index < -0.39 is 131 Å². The first-order valence-electron chi connectivity index (χ1n) is 42.4. The maximum absolute atomic E-state index is 15.7. The minimum atomic E-state index is -1.69. The molecule has 6 N–H and O–H groups in total. The SMILES string of the molecule is CCC1NC(=O)C(NC(=O)c2ncccc2O)C(C)OC(=O)[C@H](c2ccccc2)NC(=O)[C@@H]2CC(=O)C(CSC3CN4CCC3CC4)CN2C(=O)[C@H](Cc2ccc(N(C)C)cc2)N(C)C(=O)[C@@H]2CCCN2C1=O.CCN(CC)CCCCC12CCCN1C(=O)c1coc(n1)CC(=O)CC(O)/C=C(C)/C=C/CNC(=O)/C=C/C(C)C(C(C)C)OC2=O. The van der Waals surface area contributed by atoms with E-state index in [-0.39, 0.29) is 105 Å². The van der Waals surface area contributed by atoms with Crippen LogP contribution in [0.5, 0.6) is 5.75 Å². The van der Waals surface area contributed by atoms with Crippen molar-refractivity contribution in [2.24, 2.45) is 23.7 Å². The van der Waals surface area contributed by atoms with Crippen LogP contribution in [0.1, 0.15) is 176 Å². The van der Waals surface area contributed by atoms with Crippen molar-refractivity contribution in [2.75, 3.05) is 97.2 Å². The molecule has 13 atom stereocenters. The molecule has 0 saturated carbocycles. The summed E-state index contributed by atoms with van der Waals surface area (Å²) in [6, 6.07) is 10.3. The standard InChI is InChI=1S/C53H67N9O10S.C36H54N4O7/c1-6-37-50(68)61-23-11-14-38(61)51(69)59(5)40(26-32-16-18-36(19-17-32)58(3)4)52(70)62-28-35(30-73-43-29-60-24-20-33(43)21-25-60)42(64)27-39(62)47(65)57-45(34-12-8-7-9-13-34)53(71)72-31(2)44(48(66)55-37)56-49(67)46-41(63)15-10-22-54-46;1-7-39(8-2)19-10-9-16-36-17-12-20-40(36)34(44)30-24-46-32(38-30)23-29(42)22-28(41)21-26(5)13-11-18-37-31(43)15-14-27(6)33(25(3)4)47-35(36)45/h7-10,12-13,15-19,22,31,33,35,37-40,43-45,63H,6,11,14,20-21,23-30H2,1-5H3,(H,55,66)(H,56,67)(H,57,65);11,13-15,21,24-25,27-28,33,41H,7-10,12,16-20,22-23H2,1-6H3,(H,37,43)/b;13-11+,15-14+,26-21+/t31?,35?,37?,38-,39-,40-,43?,44?,45-;/m0./s1. The summed E-state index contributed by atoms with van der Waals surface area (Å²) in [5.41, 5.74) is 1.06. The van der Waals surface area contributed by atoms with Crippen molar-refractivity contribution < 1.29 is 81.6 Å². The molecule has 31 heteroatoms. The Kier molecular flexibility index (Phi) is 33.0.